The van der Waals surface area contributed by atoms with Crippen molar-refractivity contribution in [1.29, 1.82) is 0 Å². The predicted molar refractivity (Wildman–Crippen MR) is 175 cm³/mol. The van der Waals surface area contributed by atoms with Gasteiger partial charge in [-0.25, -0.2) is 9.97 Å². The van der Waals surface area contributed by atoms with Crippen molar-refractivity contribution in [2.24, 2.45) is 16.5 Å². The molecule has 1 atom stereocenters. The topological polar surface area (TPSA) is 154 Å². The van der Waals surface area contributed by atoms with Crippen LogP contribution in [-0.4, -0.2) is 80.3 Å². The number of amides is 2. The van der Waals surface area contributed by atoms with E-state index in [0.717, 1.165) is 63.7 Å². The zero-order valence-corrected chi connectivity index (χ0v) is 26.5. The Morgan fingerprint density at radius 2 is 1.81 bits per heavy atom. The Labute approximate surface area is 274 Å². The maximum atomic E-state index is 13.0. The summed E-state index contributed by atoms with van der Waals surface area (Å²) in [5, 5.41) is 24.2. The van der Waals surface area contributed by atoms with Crippen molar-refractivity contribution in [3.63, 3.8) is 0 Å². The van der Waals surface area contributed by atoms with Gasteiger partial charge in [0.2, 0.25) is 0 Å². The maximum absolute atomic E-state index is 13.0. The van der Waals surface area contributed by atoms with Crippen molar-refractivity contribution in [2.45, 2.75) is 76.3 Å². The summed E-state index contributed by atoms with van der Waals surface area (Å²) in [6.07, 6.45) is 9.15. The molecule has 12 heteroatoms. The first kappa shape index (κ1) is 31.2. The lowest BCUT2D eigenvalue weighted by molar-refractivity contribution is -0.118. The number of aliphatic hydroxyl groups is 1. The minimum absolute atomic E-state index is 0.126. The standard InChI is InChI=1S/C35H42N8O4/c44-29(20-43-12-10-23-5-1-2-6-25(23)19-43)18-37-33(45)30-13-31(39-22-38-30)40-27-14-35(15-27)16-28(17-35)41-34(46)32(24-8-9-24)42-47-21-26-7-3-4-11-36-26/h1-7,11,13,22,24,27-29,44H,8-10,12,14-21H2,(H,37,45)(H,41,46)(H,38,39,40)/t27?,28?,29-,35?/m0/s1. The molecule has 0 radical (unpaired) electrons. The SMILES string of the molecule is O=C(NC1CC2(C1)CC(Nc1cc(C(=O)NC[C@H](O)CN3CCc4ccccc4C3)ncn1)C2)C(=NOCc1ccccn1)C1CC1. The number of hydrogen-bond donors (Lipinski definition) is 4. The number of nitrogens with one attached hydrogen (secondary N) is 3. The number of hydrogen-bond acceptors (Lipinski definition) is 10. The van der Waals surface area contributed by atoms with Gasteiger partial charge in [-0.05, 0) is 73.6 Å². The molecule has 2 amide bonds. The smallest absolute Gasteiger partial charge is 0.270 e. The third kappa shape index (κ3) is 7.77. The van der Waals surface area contributed by atoms with E-state index in [1.54, 1.807) is 12.3 Å². The monoisotopic (exact) mass is 638 g/mol. The number of β-amino-alcohol motifs (C(OH)–C–C–N with tert-alkyl or cyclic N) is 1. The molecule has 3 heterocycles. The lowest BCUT2D eigenvalue weighted by atomic mass is 9.52. The molecule has 3 saturated carbocycles. The average Bonchev–Trinajstić information content (AvgIpc) is 3.89. The summed E-state index contributed by atoms with van der Waals surface area (Å²) in [6.45, 7) is 2.58. The third-order valence-corrected chi connectivity index (χ3v) is 9.78. The predicted octanol–water partition coefficient (Wildman–Crippen LogP) is 2.84. The molecule has 3 fully saturated rings. The van der Waals surface area contributed by atoms with Gasteiger partial charge >= 0.3 is 0 Å². The van der Waals surface area contributed by atoms with Crippen molar-refractivity contribution in [1.82, 2.24) is 30.5 Å². The van der Waals surface area contributed by atoms with Crippen LogP contribution >= 0.6 is 0 Å². The van der Waals surface area contributed by atoms with Crippen LogP contribution in [0.5, 0.6) is 0 Å². The maximum Gasteiger partial charge on any atom is 0.270 e. The van der Waals surface area contributed by atoms with Gasteiger partial charge in [0, 0.05) is 56.4 Å². The van der Waals surface area contributed by atoms with Crippen molar-refractivity contribution in [3.05, 3.63) is 83.6 Å². The Balaban J connectivity index is 0.816. The molecule has 2 aromatic heterocycles. The van der Waals surface area contributed by atoms with E-state index in [-0.39, 0.29) is 54.1 Å². The van der Waals surface area contributed by atoms with Crippen LogP contribution in [0.2, 0.25) is 0 Å². The summed E-state index contributed by atoms with van der Waals surface area (Å²) < 4.78 is 0. The number of benzene rings is 1. The zero-order chi connectivity index (χ0) is 32.2. The lowest BCUT2D eigenvalue weighted by Crippen LogP contribution is -2.59. The number of fused-ring (bicyclic) bond motifs is 1. The highest BCUT2D eigenvalue weighted by Gasteiger charge is 2.53. The van der Waals surface area contributed by atoms with Gasteiger partial charge in [0.1, 0.15) is 23.6 Å². The molecular weight excluding hydrogens is 596 g/mol. The first-order chi connectivity index (χ1) is 22.9. The number of oxime groups is 1. The van der Waals surface area contributed by atoms with E-state index >= 15 is 0 Å². The lowest BCUT2D eigenvalue weighted by Gasteiger charge is -2.57. The number of anilines is 1. The van der Waals surface area contributed by atoms with Crippen molar-refractivity contribution >= 4 is 23.3 Å². The fraction of sp³-hybridized carbons (Fsp3) is 0.486. The highest BCUT2D eigenvalue weighted by atomic mass is 16.6. The summed E-state index contributed by atoms with van der Waals surface area (Å²) in [6, 6.07) is 16.1. The van der Waals surface area contributed by atoms with Crippen LogP contribution in [0.1, 0.15) is 65.8 Å². The highest BCUT2D eigenvalue weighted by Crippen LogP contribution is 2.56. The number of pyridine rings is 1. The fourth-order valence-electron chi connectivity index (χ4n) is 7.22. The molecular formula is C35H42N8O4. The third-order valence-electron chi connectivity index (χ3n) is 9.78. The Kier molecular flexibility index (Phi) is 9.12. The van der Waals surface area contributed by atoms with Gasteiger partial charge in [-0.15, -0.1) is 0 Å². The van der Waals surface area contributed by atoms with Gasteiger partial charge in [0.25, 0.3) is 11.8 Å². The minimum atomic E-state index is -0.677. The molecule has 0 saturated heterocycles. The molecule has 0 bridgehead atoms. The van der Waals surface area contributed by atoms with Crippen molar-refractivity contribution in [2.75, 3.05) is 25.0 Å². The van der Waals surface area contributed by atoms with E-state index in [4.69, 9.17) is 4.84 Å². The second kappa shape index (κ2) is 13.7. The highest BCUT2D eigenvalue weighted by molar-refractivity contribution is 6.40. The zero-order valence-electron chi connectivity index (χ0n) is 26.5. The summed E-state index contributed by atoms with van der Waals surface area (Å²) >= 11 is 0. The second-order valence-corrected chi connectivity index (χ2v) is 13.6. The van der Waals surface area contributed by atoms with Crippen LogP contribution < -0.4 is 16.0 Å². The van der Waals surface area contributed by atoms with Crippen LogP contribution in [-0.2, 0) is 29.2 Å². The van der Waals surface area contributed by atoms with Gasteiger partial charge in [0.15, 0.2) is 6.61 Å². The molecule has 4 N–H and O–H groups in total. The molecule has 4 aliphatic rings. The van der Waals surface area contributed by atoms with E-state index < -0.39 is 6.10 Å². The summed E-state index contributed by atoms with van der Waals surface area (Å²) in [5.41, 5.74) is 4.41. The number of aromatic nitrogens is 3. The van der Waals surface area contributed by atoms with Crippen LogP contribution in [0.3, 0.4) is 0 Å². The molecule has 246 valence electrons. The van der Waals surface area contributed by atoms with Crippen LogP contribution in [0.4, 0.5) is 5.82 Å². The molecule has 1 spiro atoms. The number of carbonyl (C=O) groups excluding carboxylic acids is 2. The quantitative estimate of drug-likeness (QED) is 0.164. The molecule has 12 nitrogen and oxygen atoms in total. The Morgan fingerprint density at radius 3 is 2.60 bits per heavy atom. The fourth-order valence-corrected chi connectivity index (χ4v) is 7.22. The van der Waals surface area contributed by atoms with E-state index in [1.165, 1.54) is 17.5 Å². The summed E-state index contributed by atoms with van der Waals surface area (Å²) in [4.78, 5) is 46.2. The molecule has 7 rings (SSSR count). The van der Waals surface area contributed by atoms with Crippen LogP contribution in [0.15, 0.2) is 66.2 Å². The number of nitrogens with zero attached hydrogens (tertiary/aromatic N) is 5. The number of rotatable bonds is 13. The van der Waals surface area contributed by atoms with E-state index in [0.29, 0.717) is 18.1 Å². The van der Waals surface area contributed by atoms with Crippen LogP contribution in [0.25, 0.3) is 0 Å². The van der Waals surface area contributed by atoms with Crippen molar-refractivity contribution < 1.29 is 19.5 Å². The van der Waals surface area contributed by atoms with Gasteiger partial charge < -0.3 is 25.9 Å². The molecule has 0 unspecified atom stereocenters. The molecule has 47 heavy (non-hydrogen) atoms. The Bertz CT molecular complexity index is 1600. The van der Waals surface area contributed by atoms with Crippen LogP contribution in [0, 0.1) is 11.3 Å². The number of carbonyl (C=O) groups is 2. The van der Waals surface area contributed by atoms with E-state index in [9.17, 15) is 14.7 Å². The minimum Gasteiger partial charge on any atom is -0.390 e. The normalized spacial score (nSPS) is 24.3. The average molecular weight is 639 g/mol. The second-order valence-electron chi connectivity index (χ2n) is 13.6. The van der Waals surface area contributed by atoms with E-state index in [2.05, 4.69) is 59.2 Å². The molecule has 1 aliphatic heterocycles. The van der Waals surface area contributed by atoms with Gasteiger partial charge in [-0.3, -0.25) is 19.5 Å². The molecule has 3 aromatic rings. The largest absolute Gasteiger partial charge is 0.390 e. The number of aliphatic hydroxyl groups excluding tert-OH is 1. The Morgan fingerprint density at radius 1 is 1.02 bits per heavy atom. The van der Waals surface area contributed by atoms with Crippen molar-refractivity contribution in [3.8, 4) is 0 Å². The molecule has 3 aliphatic carbocycles. The molecule has 1 aromatic carbocycles. The summed E-state index contributed by atoms with van der Waals surface area (Å²) in [5.74, 6) is 0.322. The summed E-state index contributed by atoms with van der Waals surface area (Å²) in [7, 11) is 0. The van der Waals surface area contributed by atoms with Gasteiger partial charge in [-0.1, -0.05) is 35.5 Å². The Hall–Kier alpha value is -4.42. The first-order valence-corrected chi connectivity index (χ1v) is 16.7. The van der Waals surface area contributed by atoms with E-state index in [1.807, 2.05) is 24.3 Å². The van der Waals surface area contributed by atoms with Gasteiger partial charge in [0.05, 0.1) is 11.8 Å². The first-order valence-electron chi connectivity index (χ1n) is 16.7. The van der Waals surface area contributed by atoms with Gasteiger partial charge in [-0.2, -0.15) is 0 Å².